The average molecular weight is 245 g/mol. The van der Waals surface area contributed by atoms with Gasteiger partial charge in [-0.1, -0.05) is 32.0 Å². The van der Waals surface area contributed by atoms with E-state index in [1.165, 1.54) is 0 Å². The lowest BCUT2D eigenvalue weighted by atomic mass is 9.63. The molecule has 1 aliphatic rings. The van der Waals surface area contributed by atoms with Gasteiger partial charge in [-0.05, 0) is 18.9 Å². The van der Waals surface area contributed by atoms with Gasteiger partial charge in [0.05, 0.1) is 18.3 Å². The van der Waals surface area contributed by atoms with Crippen LogP contribution in [0.4, 0.5) is 0 Å². The Morgan fingerprint density at radius 1 is 1.39 bits per heavy atom. The summed E-state index contributed by atoms with van der Waals surface area (Å²) in [6, 6.07) is 9.94. The highest BCUT2D eigenvalue weighted by atomic mass is 16.5. The van der Waals surface area contributed by atoms with Gasteiger partial charge >= 0.3 is 0 Å². The number of hydrogen-bond acceptors (Lipinski definition) is 3. The van der Waals surface area contributed by atoms with Crippen molar-refractivity contribution >= 4 is 0 Å². The Bertz CT molecular complexity index is 474. The molecule has 1 N–H and O–H groups in total. The van der Waals surface area contributed by atoms with E-state index in [0.29, 0.717) is 25.9 Å². The summed E-state index contributed by atoms with van der Waals surface area (Å²) >= 11 is 0. The molecule has 0 saturated heterocycles. The molecule has 1 atom stereocenters. The summed E-state index contributed by atoms with van der Waals surface area (Å²) in [5, 5.41) is 20.6. The first-order valence-corrected chi connectivity index (χ1v) is 6.49. The number of fused-ring (bicyclic) bond motifs is 1. The fourth-order valence-electron chi connectivity index (χ4n) is 2.95. The van der Waals surface area contributed by atoms with Gasteiger partial charge in [-0.25, -0.2) is 0 Å². The third kappa shape index (κ3) is 1.60. The van der Waals surface area contributed by atoms with Crippen LogP contribution in [-0.2, 0) is 5.41 Å². The Kier molecular flexibility index (Phi) is 3.32. The summed E-state index contributed by atoms with van der Waals surface area (Å²) < 4.78 is 5.60. The Balaban J connectivity index is 2.63. The highest BCUT2D eigenvalue weighted by Gasteiger charge is 2.52. The van der Waals surface area contributed by atoms with Crippen molar-refractivity contribution in [1.82, 2.24) is 0 Å². The van der Waals surface area contributed by atoms with Gasteiger partial charge < -0.3 is 9.84 Å². The molecule has 0 spiro atoms. The van der Waals surface area contributed by atoms with E-state index in [1.54, 1.807) is 0 Å². The number of rotatable bonds is 3. The van der Waals surface area contributed by atoms with Crippen molar-refractivity contribution in [2.75, 3.05) is 6.61 Å². The maximum Gasteiger partial charge on any atom is 0.124 e. The van der Waals surface area contributed by atoms with E-state index in [9.17, 15) is 10.4 Å². The Morgan fingerprint density at radius 3 is 2.67 bits per heavy atom. The second kappa shape index (κ2) is 4.62. The van der Waals surface area contributed by atoms with Gasteiger partial charge in [0, 0.05) is 12.0 Å². The van der Waals surface area contributed by atoms with Gasteiger partial charge in [-0.15, -0.1) is 0 Å². The molecule has 0 aromatic heterocycles. The van der Waals surface area contributed by atoms with Crippen LogP contribution >= 0.6 is 0 Å². The third-order valence-electron chi connectivity index (χ3n) is 4.24. The quantitative estimate of drug-likeness (QED) is 0.890. The van der Waals surface area contributed by atoms with Crippen molar-refractivity contribution in [3.05, 3.63) is 29.8 Å². The highest BCUT2D eigenvalue weighted by Crippen LogP contribution is 2.48. The monoisotopic (exact) mass is 245 g/mol. The molecule has 0 bridgehead atoms. The molecule has 3 nitrogen and oxygen atoms in total. The Labute approximate surface area is 108 Å². The lowest BCUT2D eigenvalue weighted by molar-refractivity contribution is -0.0383. The van der Waals surface area contributed by atoms with E-state index < -0.39 is 11.0 Å². The van der Waals surface area contributed by atoms with E-state index in [0.717, 1.165) is 11.3 Å². The highest BCUT2D eigenvalue weighted by molar-refractivity contribution is 5.48. The normalized spacial score (nSPS) is 22.8. The molecule has 1 heterocycles. The zero-order valence-electron chi connectivity index (χ0n) is 10.9. The lowest BCUT2D eigenvalue weighted by Crippen LogP contribution is -2.52. The van der Waals surface area contributed by atoms with Crippen molar-refractivity contribution in [1.29, 1.82) is 5.26 Å². The molecule has 1 aromatic carbocycles. The van der Waals surface area contributed by atoms with Crippen LogP contribution in [0.25, 0.3) is 0 Å². The summed E-state index contributed by atoms with van der Waals surface area (Å²) in [5.74, 6) is 0.727. The molecule has 1 aliphatic heterocycles. The molecule has 2 rings (SSSR count). The number of benzene rings is 1. The minimum absolute atomic E-state index is 0.479. The van der Waals surface area contributed by atoms with Crippen LogP contribution < -0.4 is 4.74 Å². The molecule has 0 aliphatic carbocycles. The molecule has 1 aromatic rings. The average Bonchev–Trinajstić information content (AvgIpc) is 2.45. The van der Waals surface area contributed by atoms with Gasteiger partial charge in [0.15, 0.2) is 0 Å². The van der Waals surface area contributed by atoms with Crippen LogP contribution in [0.5, 0.6) is 5.75 Å². The van der Waals surface area contributed by atoms with Gasteiger partial charge in [0.2, 0.25) is 0 Å². The minimum atomic E-state index is -0.998. The van der Waals surface area contributed by atoms with Crippen molar-refractivity contribution < 1.29 is 9.84 Å². The maximum atomic E-state index is 10.9. The fraction of sp³-hybridized carbons (Fsp3) is 0.533. The molecule has 0 amide bonds. The number of para-hydroxylation sites is 1. The molecule has 1 unspecified atom stereocenters. The van der Waals surface area contributed by atoms with Crippen LogP contribution in [0.1, 0.15) is 38.7 Å². The zero-order chi connectivity index (χ0) is 13.2. The van der Waals surface area contributed by atoms with Gasteiger partial charge in [-0.2, -0.15) is 5.26 Å². The SMILES string of the molecule is CCC(O)(CC)C1(C#N)CCOc2ccccc21. The van der Waals surface area contributed by atoms with Crippen LogP contribution in [0.2, 0.25) is 0 Å². The summed E-state index contributed by atoms with van der Waals surface area (Å²) in [4.78, 5) is 0. The first kappa shape index (κ1) is 12.9. The maximum absolute atomic E-state index is 10.9. The zero-order valence-corrected chi connectivity index (χ0v) is 10.9. The largest absolute Gasteiger partial charge is 0.493 e. The molecule has 18 heavy (non-hydrogen) atoms. The molecule has 96 valence electrons. The Morgan fingerprint density at radius 2 is 2.06 bits per heavy atom. The first-order chi connectivity index (χ1) is 8.63. The van der Waals surface area contributed by atoms with Gasteiger partial charge in [0.25, 0.3) is 0 Å². The second-order valence-corrected chi connectivity index (χ2v) is 4.85. The van der Waals surface area contributed by atoms with Crippen LogP contribution in [0.3, 0.4) is 0 Å². The van der Waals surface area contributed by atoms with Crippen LogP contribution in [0, 0.1) is 11.3 Å². The molecule has 0 radical (unpaired) electrons. The number of aliphatic hydroxyl groups is 1. The van der Waals surface area contributed by atoms with E-state index in [-0.39, 0.29) is 0 Å². The van der Waals surface area contributed by atoms with Crippen molar-refractivity contribution in [2.45, 2.75) is 44.1 Å². The smallest absolute Gasteiger partial charge is 0.124 e. The molecule has 0 saturated carbocycles. The predicted molar refractivity (Wildman–Crippen MR) is 69.4 cm³/mol. The number of hydrogen-bond donors (Lipinski definition) is 1. The van der Waals surface area contributed by atoms with Crippen LogP contribution in [-0.4, -0.2) is 17.3 Å². The van der Waals surface area contributed by atoms with E-state index in [4.69, 9.17) is 4.74 Å². The first-order valence-electron chi connectivity index (χ1n) is 6.49. The summed E-state index contributed by atoms with van der Waals surface area (Å²) in [5.41, 5.74) is -1.03. The molecular weight excluding hydrogens is 226 g/mol. The molecule has 3 heteroatoms. The summed E-state index contributed by atoms with van der Waals surface area (Å²) in [6.07, 6.45) is 1.66. The van der Waals surface area contributed by atoms with E-state index in [1.807, 2.05) is 38.1 Å². The molecular formula is C15H19NO2. The van der Waals surface area contributed by atoms with Crippen molar-refractivity contribution in [3.63, 3.8) is 0 Å². The van der Waals surface area contributed by atoms with Gasteiger partial charge in [0.1, 0.15) is 11.2 Å². The number of ether oxygens (including phenoxy) is 1. The second-order valence-electron chi connectivity index (χ2n) is 4.85. The standard InChI is InChI=1S/C15H19NO2/c1-3-15(17,4-2)14(11-16)9-10-18-13-8-6-5-7-12(13)14/h5-8,17H,3-4,9-10H2,1-2H3. The summed E-state index contributed by atoms with van der Waals surface area (Å²) in [7, 11) is 0. The van der Waals surface area contributed by atoms with Gasteiger partial charge in [-0.3, -0.25) is 0 Å². The van der Waals surface area contributed by atoms with E-state index >= 15 is 0 Å². The third-order valence-corrected chi connectivity index (χ3v) is 4.24. The fourth-order valence-corrected chi connectivity index (χ4v) is 2.95. The summed E-state index contributed by atoms with van der Waals surface area (Å²) in [6.45, 7) is 4.34. The predicted octanol–water partition coefficient (Wildman–Crippen LogP) is 2.78. The van der Waals surface area contributed by atoms with Crippen molar-refractivity contribution in [3.8, 4) is 11.8 Å². The minimum Gasteiger partial charge on any atom is -0.493 e. The topological polar surface area (TPSA) is 53.2 Å². The lowest BCUT2D eigenvalue weighted by Gasteiger charge is -2.45. The number of nitrogens with zero attached hydrogens (tertiary/aromatic N) is 1. The van der Waals surface area contributed by atoms with Crippen molar-refractivity contribution in [2.24, 2.45) is 0 Å². The Hall–Kier alpha value is -1.53. The molecule has 0 fully saturated rings. The number of nitriles is 1. The van der Waals surface area contributed by atoms with Crippen LogP contribution in [0.15, 0.2) is 24.3 Å². The van der Waals surface area contributed by atoms with E-state index in [2.05, 4.69) is 6.07 Å².